The van der Waals surface area contributed by atoms with Gasteiger partial charge in [-0.25, -0.2) is 9.37 Å². The molecular formula is C33H34FN5. The van der Waals surface area contributed by atoms with Gasteiger partial charge < -0.3 is 15.2 Å². The van der Waals surface area contributed by atoms with Crippen molar-refractivity contribution in [1.29, 1.82) is 0 Å². The molecule has 39 heavy (non-hydrogen) atoms. The van der Waals surface area contributed by atoms with E-state index in [-0.39, 0.29) is 5.82 Å². The molecule has 5 aromatic rings. The number of likely N-dealkylation sites (N-methyl/N-ethyl adjacent to an activating group) is 1. The number of nitrogens with zero attached hydrogens (tertiary/aromatic N) is 3. The summed E-state index contributed by atoms with van der Waals surface area (Å²) in [6.07, 6.45) is 3.77. The number of hydrogen-bond acceptors (Lipinski definition) is 4. The molecule has 0 aliphatic carbocycles. The number of aromatic nitrogens is 2. The molecule has 2 N–H and O–H groups in total. The Morgan fingerprint density at radius 2 is 1.59 bits per heavy atom. The van der Waals surface area contributed by atoms with Gasteiger partial charge >= 0.3 is 0 Å². The Labute approximate surface area is 229 Å². The van der Waals surface area contributed by atoms with E-state index in [2.05, 4.69) is 74.6 Å². The van der Waals surface area contributed by atoms with Crippen LogP contribution in [0.1, 0.15) is 16.7 Å². The highest BCUT2D eigenvalue weighted by Gasteiger charge is 2.16. The van der Waals surface area contributed by atoms with E-state index in [4.69, 9.17) is 0 Å². The summed E-state index contributed by atoms with van der Waals surface area (Å²) < 4.78 is 15.1. The molecular weight excluding hydrogens is 485 g/mol. The fraction of sp³-hybridized carbons (Fsp3) is 0.242. The van der Waals surface area contributed by atoms with E-state index in [1.54, 1.807) is 6.07 Å². The second-order valence-corrected chi connectivity index (χ2v) is 10.5. The molecule has 6 rings (SSSR count). The number of hydrogen-bond donors (Lipinski definition) is 2. The fourth-order valence-electron chi connectivity index (χ4n) is 5.33. The number of rotatable bonds is 8. The van der Waals surface area contributed by atoms with Crippen molar-refractivity contribution < 1.29 is 4.39 Å². The normalized spacial score (nSPS) is 14.7. The Morgan fingerprint density at radius 3 is 2.44 bits per heavy atom. The molecule has 2 aromatic heterocycles. The first kappa shape index (κ1) is 25.4. The van der Waals surface area contributed by atoms with Crippen LogP contribution in [0.4, 0.5) is 4.39 Å². The summed E-state index contributed by atoms with van der Waals surface area (Å²) in [6, 6.07) is 26.5. The van der Waals surface area contributed by atoms with Gasteiger partial charge in [-0.15, -0.1) is 0 Å². The number of aromatic amines is 1. The number of benzene rings is 3. The largest absolute Gasteiger partial charge is 0.346 e. The molecule has 0 bridgehead atoms. The predicted octanol–water partition coefficient (Wildman–Crippen LogP) is 6.07. The summed E-state index contributed by atoms with van der Waals surface area (Å²) in [5.41, 5.74) is 7.90. The Kier molecular flexibility index (Phi) is 7.50. The van der Waals surface area contributed by atoms with Crippen molar-refractivity contribution in [3.05, 3.63) is 114 Å². The Morgan fingerprint density at radius 1 is 0.795 bits per heavy atom. The van der Waals surface area contributed by atoms with E-state index >= 15 is 4.39 Å². The van der Waals surface area contributed by atoms with Crippen LogP contribution in [0.25, 0.3) is 33.3 Å². The van der Waals surface area contributed by atoms with E-state index < -0.39 is 0 Å². The van der Waals surface area contributed by atoms with Gasteiger partial charge in [0.1, 0.15) is 11.5 Å². The molecule has 3 aromatic carbocycles. The highest BCUT2D eigenvalue weighted by atomic mass is 19.1. The van der Waals surface area contributed by atoms with Crippen molar-refractivity contribution in [2.75, 3.05) is 33.2 Å². The summed E-state index contributed by atoms with van der Waals surface area (Å²) in [5, 5.41) is 4.39. The lowest BCUT2D eigenvalue weighted by molar-refractivity contribution is 0.148. The van der Waals surface area contributed by atoms with Crippen LogP contribution < -0.4 is 5.32 Å². The Bertz CT molecular complexity index is 1550. The lowest BCUT2D eigenvalue weighted by Crippen LogP contribution is -2.43. The van der Waals surface area contributed by atoms with Gasteiger partial charge in [-0.3, -0.25) is 4.90 Å². The van der Waals surface area contributed by atoms with E-state index in [0.29, 0.717) is 12.1 Å². The van der Waals surface area contributed by atoms with Crippen LogP contribution >= 0.6 is 0 Å². The van der Waals surface area contributed by atoms with Crippen LogP contribution in [0.2, 0.25) is 0 Å². The number of fused-ring (bicyclic) bond motifs is 1. The summed E-state index contributed by atoms with van der Waals surface area (Å²) in [6.45, 7) is 6.77. The van der Waals surface area contributed by atoms with E-state index in [0.717, 1.165) is 72.6 Å². The van der Waals surface area contributed by atoms with E-state index in [1.165, 1.54) is 11.1 Å². The third kappa shape index (κ3) is 5.93. The number of nitrogens with one attached hydrogen (secondary N) is 2. The molecule has 1 saturated heterocycles. The summed E-state index contributed by atoms with van der Waals surface area (Å²) in [7, 11) is 2.18. The first-order valence-electron chi connectivity index (χ1n) is 13.6. The minimum Gasteiger partial charge on any atom is -0.346 e. The van der Waals surface area contributed by atoms with E-state index in [9.17, 15) is 0 Å². The summed E-state index contributed by atoms with van der Waals surface area (Å²) in [5.74, 6) is -0.234. The third-order valence-electron chi connectivity index (χ3n) is 7.62. The molecule has 198 valence electrons. The molecule has 1 aliphatic rings. The zero-order valence-electron chi connectivity index (χ0n) is 22.3. The van der Waals surface area contributed by atoms with Crippen molar-refractivity contribution >= 4 is 11.0 Å². The molecule has 3 heterocycles. The van der Waals surface area contributed by atoms with Gasteiger partial charge in [0.25, 0.3) is 0 Å². The van der Waals surface area contributed by atoms with Crippen molar-refractivity contribution in [3.8, 4) is 22.3 Å². The van der Waals surface area contributed by atoms with Crippen LogP contribution in [-0.2, 0) is 19.6 Å². The van der Waals surface area contributed by atoms with Crippen molar-refractivity contribution in [1.82, 2.24) is 25.1 Å². The molecule has 1 fully saturated rings. The lowest BCUT2D eigenvalue weighted by Gasteiger charge is -2.32. The van der Waals surface area contributed by atoms with Crippen LogP contribution in [0, 0.1) is 5.82 Å². The van der Waals surface area contributed by atoms with Crippen LogP contribution in [0.5, 0.6) is 0 Å². The van der Waals surface area contributed by atoms with Gasteiger partial charge in [0, 0.05) is 80.3 Å². The standard InChI is InChI=1S/C33H34FN5/c1-38-12-14-39(15-13-38)23-26-8-5-9-27(16-26)28-18-30-31(22-37-33(30)36-21-28)29-17-25(10-11-32(29)34)20-35-19-24-6-3-2-4-7-24/h2-11,16-18,21-22,35H,12-15,19-20,23H2,1H3,(H,36,37). The van der Waals surface area contributed by atoms with Gasteiger partial charge in [0.2, 0.25) is 0 Å². The molecule has 6 heteroatoms. The quantitative estimate of drug-likeness (QED) is 0.261. The molecule has 0 spiro atoms. The monoisotopic (exact) mass is 519 g/mol. The maximum absolute atomic E-state index is 15.1. The Hall–Kier alpha value is -3.84. The third-order valence-corrected chi connectivity index (χ3v) is 7.62. The highest BCUT2D eigenvalue weighted by Crippen LogP contribution is 2.33. The zero-order chi connectivity index (χ0) is 26.6. The zero-order valence-corrected chi connectivity index (χ0v) is 22.3. The summed E-state index contributed by atoms with van der Waals surface area (Å²) in [4.78, 5) is 12.8. The number of halogens is 1. The highest BCUT2D eigenvalue weighted by molar-refractivity contribution is 5.96. The maximum Gasteiger partial charge on any atom is 0.137 e. The topological polar surface area (TPSA) is 47.2 Å². The minimum atomic E-state index is -0.234. The van der Waals surface area contributed by atoms with Crippen molar-refractivity contribution in [3.63, 3.8) is 0 Å². The second-order valence-electron chi connectivity index (χ2n) is 10.5. The smallest absolute Gasteiger partial charge is 0.137 e. The molecule has 0 unspecified atom stereocenters. The van der Waals surface area contributed by atoms with Crippen molar-refractivity contribution in [2.45, 2.75) is 19.6 Å². The van der Waals surface area contributed by atoms with Crippen molar-refractivity contribution in [2.24, 2.45) is 0 Å². The molecule has 0 amide bonds. The first-order chi connectivity index (χ1) is 19.1. The first-order valence-corrected chi connectivity index (χ1v) is 13.6. The Balaban J connectivity index is 1.23. The van der Waals surface area contributed by atoms with Gasteiger partial charge in [-0.1, -0.05) is 54.6 Å². The fourth-order valence-corrected chi connectivity index (χ4v) is 5.33. The van der Waals surface area contributed by atoms with Crippen LogP contribution in [0.3, 0.4) is 0 Å². The van der Waals surface area contributed by atoms with Gasteiger partial charge in [-0.05, 0) is 53.6 Å². The number of piperazine rings is 1. The molecule has 0 atom stereocenters. The van der Waals surface area contributed by atoms with Crippen LogP contribution in [-0.4, -0.2) is 53.0 Å². The molecule has 5 nitrogen and oxygen atoms in total. The minimum absolute atomic E-state index is 0.234. The lowest BCUT2D eigenvalue weighted by atomic mass is 9.99. The SMILES string of the molecule is CN1CCN(Cc2cccc(-c3cnc4[nH]cc(-c5cc(CNCc6ccccc6)ccc5F)c4c3)c2)CC1. The van der Waals surface area contributed by atoms with Crippen LogP contribution in [0.15, 0.2) is 91.3 Å². The number of pyridine rings is 1. The number of H-pyrrole nitrogens is 1. The second kappa shape index (κ2) is 11.5. The summed E-state index contributed by atoms with van der Waals surface area (Å²) >= 11 is 0. The van der Waals surface area contributed by atoms with Gasteiger partial charge in [0.05, 0.1) is 0 Å². The van der Waals surface area contributed by atoms with E-state index in [1.807, 2.05) is 42.7 Å². The van der Waals surface area contributed by atoms with Gasteiger partial charge in [0.15, 0.2) is 0 Å². The van der Waals surface area contributed by atoms with Gasteiger partial charge in [-0.2, -0.15) is 0 Å². The predicted molar refractivity (Wildman–Crippen MR) is 157 cm³/mol. The average molecular weight is 520 g/mol. The molecule has 0 radical (unpaired) electrons. The molecule has 1 aliphatic heterocycles. The average Bonchev–Trinajstić information content (AvgIpc) is 3.39. The molecule has 0 saturated carbocycles. The maximum atomic E-state index is 15.1.